The van der Waals surface area contributed by atoms with E-state index in [9.17, 15) is 31.9 Å². The Morgan fingerprint density at radius 3 is 2.29 bits per heavy atom. The summed E-state index contributed by atoms with van der Waals surface area (Å²) in [6.07, 6.45) is -0.0670. The highest BCUT2D eigenvalue weighted by molar-refractivity contribution is 5.95. The van der Waals surface area contributed by atoms with Crippen LogP contribution >= 0.6 is 0 Å². The van der Waals surface area contributed by atoms with Crippen LogP contribution in [-0.4, -0.2) is 47.5 Å². The molecule has 1 aromatic heterocycles. The van der Waals surface area contributed by atoms with E-state index >= 15 is 0 Å². The molecule has 1 aliphatic heterocycles. The van der Waals surface area contributed by atoms with E-state index in [1.807, 2.05) is 0 Å². The zero-order valence-corrected chi connectivity index (χ0v) is 23.9. The predicted octanol–water partition coefficient (Wildman–Crippen LogP) is 5.25. The molecule has 238 valence electrons. The molecule has 2 aromatic carbocycles. The lowest BCUT2D eigenvalue weighted by Crippen LogP contribution is -2.52. The van der Waals surface area contributed by atoms with Crippen molar-refractivity contribution in [3.8, 4) is 28.5 Å². The summed E-state index contributed by atoms with van der Waals surface area (Å²) in [5.41, 5.74) is 0.205. The van der Waals surface area contributed by atoms with Crippen molar-refractivity contribution in [1.82, 2.24) is 10.3 Å². The van der Waals surface area contributed by atoms with E-state index in [4.69, 9.17) is 19.9 Å². The van der Waals surface area contributed by atoms with Crippen molar-refractivity contribution >= 4 is 5.91 Å². The van der Waals surface area contributed by atoms with Gasteiger partial charge in [0, 0.05) is 16.7 Å². The van der Waals surface area contributed by atoms with Crippen LogP contribution in [0.15, 0.2) is 42.5 Å². The first-order valence-electron chi connectivity index (χ1n) is 14.8. The zero-order chi connectivity index (χ0) is 31.7. The smallest absolute Gasteiger partial charge is 0.414 e. The van der Waals surface area contributed by atoms with Gasteiger partial charge in [-0.3, -0.25) is 4.79 Å². The van der Waals surface area contributed by atoms with Crippen molar-refractivity contribution in [3.05, 3.63) is 70.9 Å². The molecule has 13 heteroatoms. The summed E-state index contributed by atoms with van der Waals surface area (Å²) in [6, 6.07) is 8.58. The van der Waals surface area contributed by atoms with Crippen LogP contribution in [0, 0.1) is 17.6 Å². The number of carbonyl (C=O) groups is 1. The standard InChI is InChI=1S/C32H30F5N3O5/c33-22-9-1-16(11-23(22)34)27-28-21(31(38,15-43-28)32(35,36)37)13-26(40-27)30(42,18-3-4-18)14-39-29(41)17-2-10-24(44-19-5-6-19)25(12-17)45-20-7-8-20/h1-2,9-13,18-20,42H,3-8,14-15,38H2,(H,39,41). The Kier molecular flexibility index (Phi) is 6.97. The summed E-state index contributed by atoms with van der Waals surface area (Å²) in [7, 11) is 0. The van der Waals surface area contributed by atoms with Crippen LogP contribution in [0.3, 0.4) is 0 Å². The Hall–Kier alpha value is -3.97. The monoisotopic (exact) mass is 631 g/mol. The van der Waals surface area contributed by atoms with Gasteiger partial charge in [0.15, 0.2) is 34.4 Å². The van der Waals surface area contributed by atoms with Gasteiger partial charge in [-0.2, -0.15) is 13.2 Å². The molecule has 3 saturated carbocycles. The lowest BCUT2D eigenvalue weighted by molar-refractivity contribution is -0.191. The SMILES string of the molecule is NC1(C(F)(F)F)COc2c1cc(C(O)(CNC(=O)c1ccc(OC3CC3)c(OC3CC3)c1)C1CC1)nc2-c1ccc(F)c(F)c1. The number of alkyl halides is 3. The van der Waals surface area contributed by atoms with E-state index < -0.39 is 59.5 Å². The molecular weight excluding hydrogens is 601 g/mol. The summed E-state index contributed by atoms with van der Waals surface area (Å²) >= 11 is 0. The minimum absolute atomic E-state index is 0.0508. The first-order chi connectivity index (χ1) is 21.4. The summed E-state index contributed by atoms with van der Waals surface area (Å²) in [4.78, 5) is 17.8. The molecule has 45 heavy (non-hydrogen) atoms. The molecular formula is C32H30F5N3O5. The maximum absolute atomic E-state index is 14.3. The van der Waals surface area contributed by atoms with Gasteiger partial charge in [0.25, 0.3) is 5.91 Å². The average molecular weight is 632 g/mol. The number of amides is 1. The number of hydrogen-bond donors (Lipinski definition) is 3. The number of rotatable bonds is 10. The number of hydrogen-bond acceptors (Lipinski definition) is 7. The molecule has 3 fully saturated rings. The number of aliphatic hydroxyl groups is 1. The maximum atomic E-state index is 14.3. The highest BCUT2D eigenvalue weighted by Crippen LogP contribution is 2.52. The largest absolute Gasteiger partial charge is 0.488 e. The number of pyridine rings is 1. The first-order valence-corrected chi connectivity index (χ1v) is 14.8. The third kappa shape index (κ3) is 5.56. The van der Waals surface area contributed by atoms with Crippen molar-refractivity contribution in [2.75, 3.05) is 13.2 Å². The number of ether oxygens (including phenoxy) is 3. The topological polar surface area (TPSA) is 116 Å². The van der Waals surface area contributed by atoms with E-state index in [1.165, 1.54) is 0 Å². The quantitative estimate of drug-likeness (QED) is 0.262. The van der Waals surface area contributed by atoms with Gasteiger partial charge in [0.2, 0.25) is 0 Å². The van der Waals surface area contributed by atoms with Crippen LogP contribution < -0.4 is 25.3 Å². The Bertz CT molecular complexity index is 1670. The summed E-state index contributed by atoms with van der Waals surface area (Å²) in [5.74, 6) is -2.78. The fourth-order valence-electron chi connectivity index (χ4n) is 5.46. The van der Waals surface area contributed by atoms with Gasteiger partial charge in [0.05, 0.1) is 24.4 Å². The summed E-state index contributed by atoms with van der Waals surface area (Å²) in [6.45, 7) is -1.37. The number of halogens is 5. The minimum atomic E-state index is -4.95. The molecule has 0 bridgehead atoms. The van der Waals surface area contributed by atoms with Gasteiger partial charge < -0.3 is 30.4 Å². The van der Waals surface area contributed by atoms with Crippen molar-refractivity contribution < 1.29 is 46.1 Å². The molecule has 2 atom stereocenters. The van der Waals surface area contributed by atoms with E-state index in [0.717, 1.165) is 49.9 Å². The molecule has 3 aliphatic carbocycles. The Morgan fingerprint density at radius 2 is 1.67 bits per heavy atom. The Labute approximate surface area is 254 Å². The lowest BCUT2D eigenvalue weighted by atomic mass is 9.86. The van der Waals surface area contributed by atoms with E-state index in [0.29, 0.717) is 24.3 Å². The Balaban J connectivity index is 1.23. The van der Waals surface area contributed by atoms with E-state index in [2.05, 4.69) is 10.3 Å². The number of carbonyl (C=O) groups excluding carboxylic acids is 1. The number of nitrogens with zero attached hydrogens (tertiary/aromatic N) is 1. The average Bonchev–Trinajstić information content (AvgIpc) is 3.85. The van der Waals surface area contributed by atoms with Crippen molar-refractivity contribution in [3.63, 3.8) is 0 Å². The molecule has 0 saturated heterocycles. The highest BCUT2D eigenvalue weighted by atomic mass is 19.4. The van der Waals surface area contributed by atoms with Crippen LogP contribution in [0.5, 0.6) is 17.2 Å². The molecule has 4 aliphatic rings. The molecule has 3 aromatic rings. The second-order valence-corrected chi connectivity index (χ2v) is 12.3. The number of nitrogens with two attached hydrogens (primary N) is 1. The fourth-order valence-corrected chi connectivity index (χ4v) is 5.46. The van der Waals surface area contributed by atoms with E-state index in [1.54, 1.807) is 18.2 Å². The normalized spacial score (nSPS) is 22.3. The van der Waals surface area contributed by atoms with E-state index in [-0.39, 0.29) is 40.5 Å². The second kappa shape index (κ2) is 10.5. The van der Waals surface area contributed by atoms with Crippen LogP contribution in [0.1, 0.15) is 60.1 Å². The molecule has 0 radical (unpaired) electrons. The van der Waals surface area contributed by atoms with Gasteiger partial charge >= 0.3 is 6.18 Å². The number of fused-ring (bicyclic) bond motifs is 1. The number of benzene rings is 2. The number of aromatic nitrogens is 1. The van der Waals surface area contributed by atoms with Crippen LogP contribution in [0.25, 0.3) is 11.3 Å². The zero-order valence-electron chi connectivity index (χ0n) is 23.9. The molecule has 0 spiro atoms. The summed E-state index contributed by atoms with van der Waals surface area (Å²) < 4.78 is 88.0. The molecule has 2 heterocycles. The van der Waals surface area contributed by atoms with Crippen LogP contribution in [0.2, 0.25) is 0 Å². The molecule has 7 rings (SSSR count). The third-order valence-corrected chi connectivity index (χ3v) is 8.65. The predicted molar refractivity (Wildman–Crippen MR) is 150 cm³/mol. The maximum Gasteiger partial charge on any atom is 0.414 e. The first kappa shape index (κ1) is 29.7. The number of nitrogens with one attached hydrogen (secondary N) is 1. The van der Waals surface area contributed by atoms with Crippen molar-refractivity contribution in [1.29, 1.82) is 0 Å². The van der Waals surface area contributed by atoms with Crippen molar-refractivity contribution in [2.24, 2.45) is 11.7 Å². The minimum Gasteiger partial charge on any atom is -0.488 e. The lowest BCUT2D eigenvalue weighted by Gasteiger charge is -2.31. The van der Waals surface area contributed by atoms with Crippen LogP contribution in [-0.2, 0) is 11.1 Å². The Morgan fingerprint density at radius 1 is 0.978 bits per heavy atom. The fraction of sp³-hybridized carbons (Fsp3) is 0.438. The highest BCUT2D eigenvalue weighted by Gasteiger charge is 2.59. The van der Waals surface area contributed by atoms with Crippen molar-refractivity contribution in [2.45, 2.75) is 68.0 Å². The van der Waals surface area contributed by atoms with Gasteiger partial charge in [-0.1, -0.05) is 0 Å². The van der Waals surface area contributed by atoms with Gasteiger partial charge in [-0.15, -0.1) is 0 Å². The molecule has 8 nitrogen and oxygen atoms in total. The third-order valence-electron chi connectivity index (χ3n) is 8.65. The molecule has 2 unspecified atom stereocenters. The molecule has 4 N–H and O–H groups in total. The summed E-state index contributed by atoms with van der Waals surface area (Å²) in [5, 5.41) is 14.7. The second-order valence-electron chi connectivity index (χ2n) is 12.3. The van der Waals surface area contributed by atoms with Crippen LogP contribution in [0.4, 0.5) is 22.0 Å². The van der Waals surface area contributed by atoms with Gasteiger partial charge in [0.1, 0.15) is 17.9 Å². The molecule has 1 amide bonds. The van der Waals surface area contributed by atoms with Gasteiger partial charge in [-0.05, 0) is 86.9 Å². The van der Waals surface area contributed by atoms with Gasteiger partial charge in [-0.25, -0.2) is 13.8 Å².